The first-order valence-electron chi connectivity index (χ1n) is 6.56. The van der Waals surface area contributed by atoms with Crippen molar-refractivity contribution in [3.05, 3.63) is 54.6 Å². The summed E-state index contributed by atoms with van der Waals surface area (Å²) >= 11 is 0. The number of benzene rings is 2. The highest BCUT2D eigenvalue weighted by molar-refractivity contribution is 7.89. The Labute approximate surface area is 128 Å². The van der Waals surface area contributed by atoms with Crippen molar-refractivity contribution >= 4 is 20.8 Å². The molecule has 3 aromatic rings. The van der Waals surface area contributed by atoms with Gasteiger partial charge in [0, 0.05) is 11.6 Å². The second kappa shape index (κ2) is 5.40. The van der Waals surface area contributed by atoms with Crippen LogP contribution >= 0.6 is 0 Å². The SMILES string of the molecule is COc1cccc(-c2c(S(N)(=O)=O)ccc3ccccc23)n1. The van der Waals surface area contributed by atoms with Gasteiger partial charge in [-0.25, -0.2) is 18.5 Å². The standard InChI is InChI=1S/C16H14N2O3S/c1-21-15-8-4-7-13(18-15)16-12-6-3-2-5-11(12)9-10-14(16)22(17,19)20/h2-10H,1H3,(H2,17,19,20). The molecule has 6 heteroatoms. The monoisotopic (exact) mass is 314 g/mol. The number of rotatable bonds is 3. The molecule has 5 nitrogen and oxygen atoms in total. The van der Waals surface area contributed by atoms with Crippen LogP contribution in [0, 0.1) is 0 Å². The van der Waals surface area contributed by atoms with Crippen LogP contribution < -0.4 is 9.88 Å². The predicted molar refractivity (Wildman–Crippen MR) is 85.1 cm³/mol. The number of nitrogens with two attached hydrogens (primary N) is 1. The van der Waals surface area contributed by atoms with E-state index >= 15 is 0 Å². The van der Waals surface area contributed by atoms with Gasteiger partial charge in [-0.1, -0.05) is 36.4 Å². The zero-order valence-corrected chi connectivity index (χ0v) is 12.7. The summed E-state index contributed by atoms with van der Waals surface area (Å²) in [5.74, 6) is 0.408. The fraction of sp³-hybridized carbons (Fsp3) is 0.0625. The zero-order valence-electron chi connectivity index (χ0n) is 11.9. The van der Waals surface area contributed by atoms with Crippen molar-refractivity contribution in [2.24, 2.45) is 5.14 Å². The quantitative estimate of drug-likeness (QED) is 0.805. The lowest BCUT2D eigenvalue weighted by atomic mass is 10.0. The second-order valence-electron chi connectivity index (χ2n) is 4.77. The van der Waals surface area contributed by atoms with Crippen LogP contribution in [0.4, 0.5) is 0 Å². The van der Waals surface area contributed by atoms with E-state index in [0.29, 0.717) is 17.1 Å². The number of hydrogen-bond donors (Lipinski definition) is 1. The van der Waals surface area contributed by atoms with Crippen molar-refractivity contribution in [2.45, 2.75) is 4.90 Å². The minimum absolute atomic E-state index is 0.0481. The Hall–Kier alpha value is -2.44. The van der Waals surface area contributed by atoms with Crippen molar-refractivity contribution in [1.29, 1.82) is 0 Å². The maximum atomic E-state index is 11.9. The van der Waals surface area contributed by atoms with Gasteiger partial charge in [-0.3, -0.25) is 0 Å². The average Bonchev–Trinajstić information content (AvgIpc) is 2.53. The number of primary sulfonamides is 1. The predicted octanol–water partition coefficient (Wildman–Crippen LogP) is 2.56. The first kappa shape index (κ1) is 14.5. The molecule has 0 atom stereocenters. The fourth-order valence-corrected chi connectivity index (χ4v) is 3.18. The van der Waals surface area contributed by atoms with E-state index in [9.17, 15) is 8.42 Å². The van der Waals surface area contributed by atoms with E-state index in [1.807, 2.05) is 24.3 Å². The Morgan fingerprint density at radius 1 is 1.00 bits per heavy atom. The molecule has 112 valence electrons. The number of nitrogens with zero attached hydrogens (tertiary/aromatic N) is 1. The van der Waals surface area contributed by atoms with Gasteiger partial charge in [-0.2, -0.15) is 0 Å². The Kier molecular flexibility index (Phi) is 3.56. The van der Waals surface area contributed by atoms with Crippen molar-refractivity contribution < 1.29 is 13.2 Å². The van der Waals surface area contributed by atoms with Gasteiger partial charge in [0.1, 0.15) is 0 Å². The molecular formula is C16H14N2O3S. The molecule has 1 aromatic heterocycles. The summed E-state index contributed by atoms with van der Waals surface area (Å²) in [5.41, 5.74) is 0.986. The number of methoxy groups -OCH3 is 1. The van der Waals surface area contributed by atoms with E-state index in [1.165, 1.54) is 13.2 Å². The molecule has 0 aliphatic carbocycles. The summed E-state index contributed by atoms with van der Waals surface area (Å²) in [6, 6.07) is 15.9. The highest BCUT2D eigenvalue weighted by Gasteiger charge is 2.19. The van der Waals surface area contributed by atoms with Crippen molar-refractivity contribution in [2.75, 3.05) is 7.11 Å². The van der Waals surface area contributed by atoms with E-state index in [4.69, 9.17) is 9.88 Å². The molecule has 0 bridgehead atoms. The van der Waals surface area contributed by atoms with E-state index in [0.717, 1.165) is 10.8 Å². The molecule has 0 aliphatic rings. The van der Waals surface area contributed by atoms with Gasteiger partial charge in [0.15, 0.2) is 0 Å². The van der Waals surface area contributed by atoms with Crippen molar-refractivity contribution in [3.63, 3.8) is 0 Å². The van der Waals surface area contributed by atoms with Crippen LogP contribution in [0.2, 0.25) is 0 Å². The summed E-state index contributed by atoms with van der Waals surface area (Å²) in [6.07, 6.45) is 0. The first-order valence-corrected chi connectivity index (χ1v) is 8.11. The summed E-state index contributed by atoms with van der Waals surface area (Å²) in [4.78, 5) is 4.39. The van der Waals surface area contributed by atoms with E-state index < -0.39 is 10.0 Å². The van der Waals surface area contributed by atoms with Crippen molar-refractivity contribution in [1.82, 2.24) is 4.98 Å². The largest absolute Gasteiger partial charge is 0.481 e. The minimum Gasteiger partial charge on any atom is -0.481 e. The third kappa shape index (κ3) is 2.54. The molecule has 0 unspecified atom stereocenters. The highest BCUT2D eigenvalue weighted by atomic mass is 32.2. The Morgan fingerprint density at radius 2 is 1.77 bits per heavy atom. The fourth-order valence-electron chi connectivity index (χ4n) is 2.42. The molecule has 0 saturated heterocycles. The Morgan fingerprint density at radius 3 is 2.50 bits per heavy atom. The van der Waals surface area contributed by atoms with Crippen molar-refractivity contribution in [3.8, 4) is 17.1 Å². The zero-order chi connectivity index (χ0) is 15.7. The summed E-state index contributed by atoms with van der Waals surface area (Å²) in [7, 11) is -2.36. The normalized spacial score (nSPS) is 11.5. The van der Waals surface area contributed by atoms with Crippen LogP contribution in [0.3, 0.4) is 0 Å². The molecule has 22 heavy (non-hydrogen) atoms. The van der Waals surface area contributed by atoms with Gasteiger partial charge in [0.2, 0.25) is 15.9 Å². The van der Waals surface area contributed by atoms with Crippen LogP contribution in [-0.2, 0) is 10.0 Å². The van der Waals surface area contributed by atoms with Crippen LogP contribution in [-0.4, -0.2) is 20.5 Å². The van der Waals surface area contributed by atoms with Crippen LogP contribution in [0.15, 0.2) is 59.5 Å². The highest BCUT2D eigenvalue weighted by Crippen LogP contribution is 2.33. The van der Waals surface area contributed by atoms with Crippen LogP contribution in [0.1, 0.15) is 0 Å². The smallest absolute Gasteiger partial charge is 0.238 e. The second-order valence-corrected chi connectivity index (χ2v) is 6.30. The van der Waals surface area contributed by atoms with E-state index in [2.05, 4.69) is 4.98 Å². The lowest BCUT2D eigenvalue weighted by Crippen LogP contribution is -2.13. The number of fused-ring (bicyclic) bond motifs is 1. The number of aromatic nitrogens is 1. The molecule has 0 fully saturated rings. The van der Waals surface area contributed by atoms with E-state index in [-0.39, 0.29) is 4.90 Å². The molecule has 2 aromatic carbocycles. The third-order valence-corrected chi connectivity index (χ3v) is 4.34. The molecule has 0 aliphatic heterocycles. The van der Waals surface area contributed by atoms with Gasteiger partial charge in [0.05, 0.1) is 17.7 Å². The molecule has 3 rings (SSSR count). The molecule has 2 N–H and O–H groups in total. The van der Waals surface area contributed by atoms with Gasteiger partial charge in [-0.15, -0.1) is 0 Å². The summed E-state index contributed by atoms with van der Waals surface area (Å²) < 4.78 is 29.0. The first-order chi connectivity index (χ1) is 10.5. The molecular weight excluding hydrogens is 300 g/mol. The lowest BCUT2D eigenvalue weighted by Gasteiger charge is -2.12. The maximum absolute atomic E-state index is 11.9. The minimum atomic E-state index is -3.87. The Balaban J connectivity index is 2.43. The molecule has 0 amide bonds. The van der Waals surface area contributed by atoms with Gasteiger partial charge in [-0.05, 0) is 22.9 Å². The molecule has 1 heterocycles. The van der Waals surface area contributed by atoms with Gasteiger partial charge < -0.3 is 4.74 Å². The number of pyridine rings is 1. The lowest BCUT2D eigenvalue weighted by molar-refractivity contribution is 0.398. The summed E-state index contributed by atoms with van der Waals surface area (Å²) in [6.45, 7) is 0. The number of ether oxygens (including phenoxy) is 1. The maximum Gasteiger partial charge on any atom is 0.238 e. The van der Waals surface area contributed by atoms with Gasteiger partial charge in [0.25, 0.3) is 0 Å². The number of sulfonamides is 1. The van der Waals surface area contributed by atoms with Crippen LogP contribution in [0.25, 0.3) is 22.0 Å². The average molecular weight is 314 g/mol. The van der Waals surface area contributed by atoms with Gasteiger partial charge >= 0.3 is 0 Å². The summed E-state index contributed by atoms with van der Waals surface area (Å²) in [5, 5.41) is 7.05. The van der Waals surface area contributed by atoms with Crippen LogP contribution in [0.5, 0.6) is 5.88 Å². The molecule has 0 saturated carbocycles. The Bertz CT molecular complexity index is 953. The molecule has 0 spiro atoms. The topological polar surface area (TPSA) is 82.3 Å². The van der Waals surface area contributed by atoms with E-state index in [1.54, 1.807) is 24.3 Å². The third-order valence-electron chi connectivity index (χ3n) is 3.39. The molecule has 0 radical (unpaired) electrons. The number of hydrogen-bond acceptors (Lipinski definition) is 4.